The van der Waals surface area contributed by atoms with Crippen LogP contribution >= 0.6 is 0 Å². The molecule has 0 spiro atoms. The number of carbonyl (C=O) groups is 1. The molecule has 2 N–H and O–H groups in total. The molecule has 1 amide bonds. The maximum Gasteiger partial charge on any atom is 0.258 e. The molecule has 4 aromatic rings. The number of hydrogen-bond donors (Lipinski definition) is 2. The summed E-state index contributed by atoms with van der Waals surface area (Å²) in [7, 11) is 3.18. The fourth-order valence-corrected chi connectivity index (χ4v) is 5.56. The van der Waals surface area contributed by atoms with Crippen LogP contribution in [-0.4, -0.2) is 41.9 Å². The van der Waals surface area contributed by atoms with E-state index < -0.39 is 0 Å². The maximum atomic E-state index is 13.7. The van der Waals surface area contributed by atoms with E-state index in [1.807, 2.05) is 11.1 Å². The van der Waals surface area contributed by atoms with E-state index in [-0.39, 0.29) is 11.3 Å². The molecular formula is C27H28N4O3. The highest BCUT2D eigenvalue weighted by Gasteiger charge is 2.39. The van der Waals surface area contributed by atoms with Crippen LogP contribution < -0.4 is 14.4 Å². The number of fused-ring (bicyclic) bond motifs is 6. The Bertz CT molecular complexity index is 1450. The molecule has 7 nitrogen and oxygen atoms in total. The van der Waals surface area contributed by atoms with Crippen LogP contribution in [0.1, 0.15) is 47.3 Å². The van der Waals surface area contributed by atoms with Crippen LogP contribution in [0.3, 0.4) is 0 Å². The third-order valence-electron chi connectivity index (χ3n) is 7.30. The zero-order valence-electron chi connectivity index (χ0n) is 19.9. The number of carbonyl (C=O) groups excluding carboxylic acids is 1. The van der Waals surface area contributed by atoms with Crippen LogP contribution in [-0.2, 0) is 18.3 Å². The first kappa shape index (κ1) is 20.8. The normalized spacial score (nSPS) is 16.1. The number of aromatic nitrogens is 3. The average molecular weight is 457 g/mol. The second-order valence-corrected chi connectivity index (χ2v) is 9.85. The number of ether oxygens (including phenoxy) is 2. The molecule has 0 fully saturated rings. The first-order chi connectivity index (χ1) is 16.4. The Balaban J connectivity index is 1.48. The number of benzene rings is 2. The fourth-order valence-electron chi connectivity index (χ4n) is 5.56. The number of anilines is 1. The van der Waals surface area contributed by atoms with Crippen LogP contribution in [0.15, 0.2) is 36.5 Å². The van der Waals surface area contributed by atoms with Crippen LogP contribution in [0.4, 0.5) is 5.69 Å². The van der Waals surface area contributed by atoms with E-state index in [1.54, 1.807) is 32.4 Å². The van der Waals surface area contributed by atoms with Crippen molar-refractivity contribution in [2.24, 2.45) is 0 Å². The molecule has 0 saturated carbocycles. The molecule has 2 aliphatic rings. The van der Waals surface area contributed by atoms with Gasteiger partial charge >= 0.3 is 0 Å². The Labute approximate surface area is 198 Å². The number of nitrogens with one attached hydrogen (secondary N) is 2. The zero-order valence-corrected chi connectivity index (χ0v) is 19.9. The minimum atomic E-state index is -0.171. The van der Waals surface area contributed by atoms with Crippen molar-refractivity contribution in [2.75, 3.05) is 25.7 Å². The standard InChI is InChI=1S/C27H28N4O3/c1-27(2)14-31(26(32)15-8-9-22(33-3)23(10-15)34-4)21-11-18-17-7-5-6-16-13-28-30-24(16)25(17)29-20(18)12-19(21)27/h8-13,29H,5-7,14H2,1-4H3,(H,28,30). The molecule has 0 atom stereocenters. The van der Waals surface area contributed by atoms with Gasteiger partial charge in [-0.05, 0) is 66.3 Å². The number of nitrogens with zero attached hydrogens (tertiary/aromatic N) is 2. The van der Waals surface area contributed by atoms with Crippen LogP contribution in [0.2, 0.25) is 0 Å². The van der Waals surface area contributed by atoms with E-state index >= 15 is 0 Å². The number of rotatable bonds is 3. The first-order valence-corrected chi connectivity index (χ1v) is 11.7. The van der Waals surface area contributed by atoms with Crippen molar-refractivity contribution < 1.29 is 14.3 Å². The molecule has 0 radical (unpaired) electrons. The molecule has 34 heavy (non-hydrogen) atoms. The lowest BCUT2D eigenvalue weighted by Gasteiger charge is -2.21. The predicted octanol–water partition coefficient (Wildman–Crippen LogP) is 5.00. The number of aromatic amines is 2. The van der Waals surface area contributed by atoms with Crippen molar-refractivity contribution in [3.63, 3.8) is 0 Å². The number of methoxy groups -OCH3 is 2. The minimum Gasteiger partial charge on any atom is -0.493 e. The van der Waals surface area contributed by atoms with Gasteiger partial charge < -0.3 is 19.4 Å². The van der Waals surface area contributed by atoms with Crippen molar-refractivity contribution in [1.29, 1.82) is 0 Å². The summed E-state index contributed by atoms with van der Waals surface area (Å²) in [4.78, 5) is 19.3. The number of H-pyrrole nitrogens is 2. The molecule has 7 heteroatoms. The van der Waals surface area contributed by atoms with Crippen LogP contribution in [0.25, 0.3) is 22.3 Å². The molecule has 2 aromatic heterocycles. The molecule has 0 bridgehead atoms. The van der Waals surface area contributed by atoms with Crippen molar-refractivity contribution in [3.05, 3.63) is 58.8 Å². The molecule has 0 saturated heterocycles. The van der Waals surface area contributed by atoms with Gasteiger partial charge in [0.15, 0.2) is 11.5 Å². The van der Waals surface area contributed by atoms with Gasteiger partial charge in [0.25, 0.3) is 5.91 Å². The molecule has 2 aromatic carbocycles. The van der Waals surface area contributed by atoms with Crippen LogP contribution in [0, 0.1) is 0 Å². The van der Waals surface area contributed by atoms with Gasteiger partial charge in [0, 0.05) is 40.3 Å². The third-order valence-corrected chi connectivity index (χ3v) is 7.30. The number of aryl methyl sites for hydroxylation is 2. The lowest BCUT2D eigenvalue weighted by atomic mass is 9.86. The van der Waals surface area contributed by atoms with Gasteiger partial charge in [-0.1, -0.05) is 13.8 Å². The van der Waals surface area contributed by atoms with Crippen molar-refractivity contribution in [3.8, 4) is 22.9 Å². The molecule has 1 aliphatic heterocycles. The van der Waals surface area contributed by atoms with Gasteiger partial charge in [-0.2, -0.15) is 5.10 Å². The van der Waals surface area contributed by atoms with Crippen molar-refractivity contribution >= 4 is 22.5 Å². The van der Waals surface area contributed by atoms with Crippen LogP contribution in [0.5, 0.6) is 11.5 Å². The largest absolute Gasteiger partial charge is 0.493 e. The molecule has 3 heterocycles. The van der Waals surface area contributed by atoms with Gasteiger partial charge in [0.2, 0.25) is 0 Å². The molecule has 6 rings (SSSR count). The highest BCUT2D eigenvalue weighted by atomic mass is 16.5. The molecule has 1 aliphatic carbocycles. The Kier molecular flexibility index (Phi) is 4.52. The van der Waals surface area contributed by atoms with Gasteiger partial charge in [-0.25, -0.2) is 0 Å². The van der Waals surface area contributed by atoms with Crippen molar-refractivity contribution in [2.45, 2.75) is 38.5 Å². The van der Waals surface area contributed by atoms with E-state index in [2.05, 4.69) is 41.2 Å². The molecule has 174 valence electrons. The highest BCUT2D eigenvalue weighted by molar-refractivity contribution is 6.09. The Morgan fingerprint density at radius 1 is 1.09 bits per heavy atom. The summed E-state index contributed by atoms with van der Waals surface area (Å²) >= 11 is 0. The van der Waals surface area contributed by atoms with Gasteiger partial charge in [0.05, 0.1) is 19.9 Å². The fraction of sp³-hybridized carbons (Fsp3) is 0.333. The summed E-state index contributed by atoms with van der Waals surface area (Å²) in [6.07, 6.45) is 5.07. The summed E-state index contributed by atoms with van der Waals surface area (Å²) in [5.74, 6) is 1.12. The smallest absolute Gasteiger partial charge is 0.258 e. The topological polar surface area (TPSA) is 83.2 Å². The first-order valence-electron chi connectivity index (χ1n) is 11.7. The zero-order chi connectivity index (χ0) is 23.6. The van der Waals surface area contributed by atoms with E-state index in [1.165, 1.54) is 22.1 Å². The van der Waals surface area contributed by atoms with E-state index in [0.717, 1.165) is 41.9 Å². The lowest BCUT2D eigenvalue weighted by molar-refractivity contribution is 0.0985. The van der Waals surface area contributed by atoms with Crippen molar-refractivity contribution in [1.82, 2.24) is 15.2 Å². The SMILES string of the molecule is COc1ccc(C(=O)N2CC(C)(C)c3cc4[nH]c5c(c4cc32)CCCc2c[nH]nc2-5)cc1OC. The average Bonchev–Trinajstić information content (AvgIpc) is 3.48. The Morgan fingerprint density at radius 2 is 1.91 bits per heavy atom. The quantitative estimate of drug-likeness (QED) is 0.454. The van der Waals surface area contributed by atoms with Gasteiger partial charge in [-0.3, -0.25) is 9.89 Å². The monoisotopic (exact) mass is 456 g/mol. The lowest BCUT2D eigenvalue weighted by Crippen LogP contribution is -2.33. The highest BCUT2D eigenvalue weighted by Crippen LogP contribution is 2.46. The summed E-state index contributed by atoms with van der Waals surface area (Å²) < 4.78 is 10.8. The number of amides is 1. The third kappa shape index (κ3) is 2.96. The summed E-state index contributed by atoms with van der Waals surface area (Å²) in [6.45, 7) is 5.01. The van der Waals surface area contributed by atoms with Gasteiger partial charge in [0.1, 0.15) is 5.69 Å². The maximum absolute atomic E-state index is 13.7. The second kappa shape index (κ2) is 7.38. The van der Waals surface area contributed by atoms with E-state index in [0.29, 0.717) is 23.6 Å². The predicted molar refractivity (Wildman–Crippen MR) is 132 cm³/mol. The summed E-state index contributed by atoms with van der Waals surface area (Å²) in [5.41, 5.74) is 8.32. The number of hydrogen-bond acceptors (Lipinski definition) is 4. The summed E-state index contributed by atoms with van der Waals surface area (Å²) in [5, 5.41) is 8.73. The Morgan fingerprint density at radius 3 is 2.71 bits per heavy atom. The Hall–Kier alpha value is -3.74. The molecule has 0 unspecified atom stereocenters. The summed E-state index contributed by atoms with van der Waals surface area (Å²) in [6, 6.07) is 9.77. The molecular weight excluding hydrogens is 428 g/mol. The second-order valence-electron chi connectivity index (χ2n) is 9.85. The van der Waals surface area contributed by atoms with E-state index in [9.17, 15) is 4.79 Å². The minimum absolute atomic E-state index is 0.0386. The van der Waals surface area contributed by atoms with E-state index in [4.69, 9.17) is 9.47 Å². The van der Waals surface area contributed by atoms with Gasteiger partial charge in [-0.15, -0.1) is 0 Å².